The van der Waals surface area contributed by atoms with E-state index in [4.69, 9.17) is 4.74 Å². The second-order valence-corrected chi connectivity index (χ2v) is 5.95. The van der Waals surface area contributed by atoms with E-state index >= 15 is 0 Å². The van der Waals surface area contributed by atoms with Crippen LogP contribution in [0.3, 0.4) is 0 Å². The number of rotatable bonds is 6. The van der Waals surface area contributed by atoms with Crippen molar-refractivity contribution in [3.63, 3.8) is 0 Å². The first-order chi connectivity index (χ1) is 8.04. The predicted molar refractivity (Wildman–Crippen MR) is 71.0 cm³/mol. The third-order valence-corrected chi connectivity index (χ3v) is 4.00. The maximum absolute atomic E-state index is 9.68. The molecule has 1 rings (SSSR count). The fourth-order valence-corrected chi connectivity index (χ4v) is 2.98. The lowest BCUT2D eigenvalue weighted by atomic mass is 9.74. The Morgan fingerprint density at radius 3 is 2.65 bits per heavy atom. The molecule has 0 aliphatic heterocycles. The molecule has 0 bridgehead atoms. The van der Waals surface area contributed by atoms with Crippen LogP contribution in [0, 0.1) is 17.8 Å². The van der Waals surface area contributed by atoms with E-state index in [-0.39, 0.29) is 6.10 Å². The van der Waals surface area contributed by atoms with Gasteiger partial charge in [-0.1, -0.05) is 27.2 Å². The van der Waals surface area contributed by atoms with Crippen LogP contribution in [0.25, 0.3) is 0 Å². The lowest BCUT2D eigenvalue weighted by Crippen LogP contribution is -2.46. The Kier molecular flexibility index (Phi) is 6.45. The topological polar surface area (TPSA) is 41.5 Å². The smallest absolute Gasteiger partial charge is 0.0897 e. The van der Waals surface area contributed by atoms with Crippen LogP contribution in [0.4, 0.5) is 0 Å². The van der Waals surface area contributed by atoms with Crippen LogP contribution < -0.4 is 5.32 Å². The Balaban J connectivity index is 2.41. The number of hydrogen-bond donors (Lipinski definition) is 2. The molecule has 3 heteroatoms. The van der Waals surface area contributed by atoms with Crippen molar-refractivity contribution in [2.24, 2.45) is 17.8 Å². The summed E-state index contributed by atoms with van der Waals surface area (Å²) in [5.74, 6) is 2.28. The number of aliphatic hydroxyl groups excluding tert-OH is 1. The fraction of sp³-hybridized carbons (Fsp3) is 1.00. The van der Waals surface area contributed by atoms with E-state index in [1.807, 2.05) is 0 Å². The highest BCUT2D eigenvalue weighted by molar-refractivity contribution is 4.85. The summed E-state index contributed by atoms with van der Waals surface area (Å²) in [6.07, 6.45) is 3.52. The molecule has 0 radical (unpaired) electrons. The van der Waals surface area contributed by atoms with E-state index in [0.29, 0.717) is 19.2 Å². The Hall–Kier alpha value is -0.120. The fourth-order valence-electron chi connectivity index (χ4n) is 2.98. The highest BCUT2D eigenvalue weighted by Crippen LogP contribution is 2.33. The first-order valence-electron chi connectivity index (χ1n) is 6.95. The lowest BCUT2D eigenvalue weighted by Gasteiger charge is -2.38. The molecule has 2 N–H and O–H groups in total. The molecule has 0 aromatic rings. The quantitative estimate of drug-likeness (QED) is 0.750. The maximum Gasteiger partial charge on any atom is 0.0897 e. The van der Waals surface area contributed by atoms with Crippen molar-refractivity contribution in [1.82, 2.24) is 5.32 Å². The van der Waals surface area contributed by atoms with E-state index < -0.39 is 0 Å². The van der Waals surface area contributed by atoms with Gasteiger partial charge in [0.1, 0.15) is 0 Å². The van der Waals surface area contributed by atoms with Crippen LogP contribution >= 0.6 is 0 Å². The van der Waals surface area contributed by atoms with Gasteiger partial charge in [0.25, 0.3) is 0 Å². The minimum absolute atomic E-state index is 0.384. The van der Waals surface area contributed by atoms with Gasteiger partial charge in [-0.25, -0.2) is 0 Å². The van der Waals surface area contributed by atoms with E-state index in [2.05, 4.69) is 26.1 Å². The van der Waals surface area contributed by atoms with Gasteiger partial charge < -0.3 is 15.2 Å². The molecule has 102 valence electrons. The predicted octanol–water partition coefficient (Wildman–Crippen LogP) is 2.04. The molecule has 1 fully saturated rings. The summed E-state index contributed by atoms with van der Waals surface area (Å²) >= 11 is 0. The zero-order valence-corrected chi connectivity index (χ0v) is 11.8. The highest BCUT2D eigenvalue weighted by Gasteiger charge is 2.30. The van der Waals surface area contributed by atoms with Crippen molar-refractivity contribution in [2.75, 3.05) is 20.3 Å². The largest absolute Gasteiger partial charge is 0.389 e. The van der Waals surface area contributed by atoms with Crippen LogP contribution in [0.15, 0.2) is 0 Å². The summed E-state index contributed by atoms with van der Waals surface area (Å²) in [6.45, 7) is 8.01. The van der Waals surface area contributed by atoms with Crippen LogP contribution in [0.5, 0.6) is 0 Å². The molecule has 1 saturated carbocycles. The van der Waals surface area contributed by atoms with Gasteiger partial charge >= 0.3 is 0 Å². The van der Waals surface area contributed by atoms with Crippen molar-refractivity contribution in [3.8, 4) is 0 Å². The average molecular weight is 243 g/mol. The molecule has 17 heavy (non-hydrogen) atoms. The zero-order valence-electron chi connectivity index (χ0n) is 11.8. The zero-order chi connectivity index (χ0) is 12.8. The SMILES string of the molecule is COCC(O)CNC1CC(C)CCC1C(C)C. The minimum Gasteiger partial charge on any atom is -0.389 e. The third-order valence-electron chi connectivity index (χ3n) is 4.00. The van der Waals surface area contributed by atoms with E-state index in [0.717, 1.165) is 17.8 Å². The van der Waals surface area contributed by atoms with Crippen molar-refractivity contribution in [3.05, 3.63) is 0 Å². The van der Waals surface area contributed by atoms with Crippen LogP contribution in [-0.2, 0) is 4.74 Å². The molecule has 1 aliphatic carbocycles. The summed E-state index contributed by atoms with van der Waals surface area (Å²) in [4.78, 5) is 0. The average Bonchev–Trinajstić information content (AvgIpc) is 2.26. The minimum atomic E-state index is -0.384. The molecule has 3 nitrogen and oxygen atoms in total. The van der Waals surface area contributed by atoms with Crippen LogP contribution in [0.2, 0.25) is 0 Å². The van der Waals surface area contributed by atoms with Gasteiger partial charge in [-0.15, -0.1) is 0 Å². The van der Waals surface area contributed by atoms with Crippen molar-refractivity contribution in [1.29, 1.82) is 0 Å². The van der Waals surface area contributed by atoms with Gasteiger partial charge in [0.2, 0.25) is 0 Å². The Morgan fingerprint density at radius 1 is 1.35 bits per heavy atom. The number of ether oxygens (including phenoxy) is 1. The number of aliphatic hydroxyl groups is 1. The number of methoxy groups -OCH3 is 1. The Bertz CT molecular complexity index is 208. The maximum atomic E-state index is 9.68. The molecule has 0 spiro atoms. The molecule has 0 aromatic carbocycles. The first-order valence-corrected chi connectivity index (χ1v) is 6.95. The summed E-state index contributed by atoms with van der Waals surface area (Å²) in [6, 6.07) is 0.560. The number of hydrogen-bond acceptors (Lipinski definition) is 3. The lowest BCUT2D eigenvalue weighted by molar-refractivity contribution is 0.0561. The molecule has 4 atom stereocenters. The molecule has 4 unspecified atom stereocenters. The molecule has 1 aliphatic rings. The Labute approximate surface area is 106 Å². The van der Waals surface area contributed by atoms with Crippen molar-refractivity contribution < 1.29 is 9.84 Å². The summed E-state index contributed by atoms with van der Waals surface area (Å²) in [5.41, 5.74) is 0. The van der Waals surface area contributed by atoms with Gasteiger partial charge in [0.15, 0.2) is 0 Å². The molecule has 0 amide bonds. The van der Waals surface area contributed by atoms with Gasteiger partial charge in [0, 0.05) is 19.7 Å². The van der Waals surface area contributed by atoms with E-state index in [9.17, 15) is 5.11 Å². The van der Waals surface area contributed by atoms with Crippen molar-refractivity contribution >= 4 is 0 Å². The standard InChI is InChI=1S/C14H29NO2/c1-10(2)13-6-5-11(3)7-14(13)15-8-12(16)9-17-4/h10-16H,5-9H2,1-4H3. The molecule has 0 heterocycles. The normalized spacial score (nSPS) is 31.8. The van der Waals surface area contributed by atoms with E-state index in [1.165, 1.54) is 19.3 Å². The molecule has 0 saturated heterocycles. The Morgan fingerprint density at radius 2 is 2.06 bits per heavy atom. The second kappa shape index (κ2) is 7.34. The number of nitrogens with one attached hydrogen (secondary N) is 1. The molecular weight excluding hydrogens is 214 g/mol. The van der Waals surface area contributed by atoms with Crippen LogP contribution in [-0.4, -0.2) is 37.5 Å². The first kappa shape index (κ1) is 14.9. The van der Waals surface area contributed by atoms with Gasteiger partial charge in [0.05, 0.1) is 12.7 Å². The summed E-state index contributed by atoms with van der Waals surface area (Å²) in [7, 11) is 1.63. The summed E-state index contributed by atoms with van der Waals surface area (Å²) < 4.78 is 4.95. The van der Waals surface area contributed by atoms with E-state index in [1.54, 1.807) is 7.11 Å². The van der Waals surface area contributed by atoms with Crippen LogP contribution in [0.1, 0.15) is 40.0 Å². The van der Waals surface area contributed by atoms with Gasteiger partial charge in [-0.05, 0) is 30.6 Å². The second-order valence-electron chi connectivity index (χ2n) is 5.95. The van der Waals surface area contributed by atoms with Gasteiger partial charge in [-0.2, -0.15) is 0 Å². The third kappa shape index (κ3) is 4.94. The molecule has 0 aromatic heterocycles. The van der Waals surface area contributed by atoms with Gasteiger partial charge in [-0.3, -0.25) is 0 Å². The molecular formula is C14H29NO2. The highest BCUT2D eigenvalue weighted by atomic mass is 16.5. The summed E-state index contributed by atoms with van der Waals surface area (Å²) in [5, 5.41) is 13.2. The van der Waals surface area contributed by atoms with Crippen molar-refractivity contribution in [2.45, 2.75) is 52.2 Å². The monoisotopic (exact) mass is 243 g/mol.